The van der Waals surface area contributed by atoms with Crippen LogP contribution in [0.5, 0.6) is 0 Å². The molecule has 2 N–H and O–H groups in total. The van der Waals surface area contributed by atoms with E-state index in [9.17, 15) is 14.9 Å². The molecule has 9 heteroatoms. The number of rotatable bonds is 4. The number of nitro benzene ring substituents is 1. The van der Waals surface area contributed by atoms with Crippen LogP contribution in [0.15, 0.2) is 22.7 Å². The molecular weight excluding hydrogens is 266 g/mol. The van der Waals surface area contributed by atoms with Crippen molar-refractivity contribution in [2.45, 2.75) is 6.92 Å². The molecule has 0 unspecified atom stereocenters. The predicted octanol–water partition coefficient (Wildman–Crippen LogP) is 1.58. The lowest BCUT2D eigenvalue weighted by atomic mass is 10.1. The van der Waals surface area contributed by atoms with E-state index in [1.165, 1.54) is 18.2 Å². The van der Waals surface area contributed by atoms with Gasteiger partial charge in [0.05, 0.1) is 4.92 Å². The van der Waals surface area contributed by atoms with Gasteiger partial charge in [-0.2, -0.15) is 4.98 Å². The Morgan fingerprint density at radius 1 is 1.45 bits per heavy atom. The molecule has 2 rings (SSSR count). The van der Waals surface area contributed by atoms with Crippen molar-refractivity contribution in [2.75, 3.05) is 17.7 Å². The van der Waals surface area contributed by atoms with Gasteiger partial charge in [0.1, 0.15) is 5.69 Å². The van der Waals surface area contributed by atoms with Crippen LogP contribution in [0.2, 0.25) is 0 Å². The van der Waals surface area contributed by atoms with E-state index in [1.54, 1.807) is 14.0 Å². The Balaban J connectivity index is 2.26. The number of nitro groups is 1. The van der Waals surface area contributed by atoms with Gasteiger partial charge in [-0.15, -0.1) is 0 Å². The molecule has 0 spiro atoms. The first-order valence-corrected chi connectivity index (χ1v) is 5.59. The van der Waals surface area contributed by atoms with Gasteiger partial charge in [-0.3, -0.25) is 20.2 Å². The van der Waals surface area contributed by atoms with E-state index in [0.717, 1.165) is 0 Å². The van der Waals surface area contributed by atoms with Crippen molar-refractivity contribution >= 4 is 23.3 Å². The Bertz CT molecular complexity index is 667. The molecule has 1 aromatic carbocycles. The molecule has 0 saturated carbocycles. The quantitative estimate of drug-likeness (QED) is 0.642. The van der Waals surface area contributed by atoms with Crippen molar-refractivity contribution in [3.05, 3.63) is 39.7 Å². The molecule has 0 saturated heterocycles. The zero-order valence-electron chi connectivity index (χ0n) is 10.7. The maximum Gasteiger partial charge on any atom is 0.328 e. The normalized spacial score (nSPS) is 10.1. The molecule has 104 valence electrons. The third-order valence-corrected chi connectivity index (χ3v) is 2.47. The third kappa shape index (κ3) is 2.71. The summed E-state index contributed by atoms with van der Waals surface area (Å²) in [6.45, 7) is 1.60. The van der Waals surface area contributed by atoms with Gasteiger partial charge in [-0.05, 0) is 19.1 Å². The highest BCUT2D eigenvalue weighted by Gasteiger charge is 2.18. The first kappa shape index (κ1) is 13.5. The summed E-state index contributed by atoms with van der Waals surface area (Å²) in [6, 6.07) is 4.02. The maximum absolute atomic E-state index is 11.9. The minimum absolute atomic E-state index is 0.0622. The van der Waals surface area contributed by atoms with E-state index >= 15 is 0 Å². The minimum atomic E-state index is -0.570. The highest BCUT2D eigenvalue weighted by Crippen LogP contribution is 2.25. The Morgan fingerprint density at radius 3 is 2.75 bits per heavy atom. The average Bonchev–Trinajstić information content (AvgIpc) is 2.83. The first-order chi connectivity index (χ1) is 9.51. The molecule has 9 nitrogen and oxygen atoms in total. The fourth-order valence-corrected chi connectivity index (χ4v) is 1.55. The molecule has 1 aromatic heterocycles. The van der Waals surface area contributed by atoms with Crippen LogP contribution < -0.4 is 10.6 Å². The third-order valence-electron chi connectivity index (χ3n) is 2.47. The van der Waals surface area contributed by atoms with Crippen LogP contribution in [0.4, 0.5) is 17.4 Å². The zero-order chi connectivity index (χ0) is 14.7. The van der Waals surface area contributed by atoms with Crippen molar-refractivity contribution in [1.29, 1.82) is 0 Å². The van der Waals surface area contributed by atoms with Gasteiger partial charge in [0, 0.05) is 18.7 Å². The molecule has 0 aliphatic heterocycles. The maximum atomic E-state index is 11.9. The van der Waals surface area contributed by atoms with Crippen LogP contribution in [-0.4, -0.2) is 28.0 Å². The van der Waals surface area contributed by atoms with Crippen LogP contribution >= 0.6 is 0 Å². The molecule has 0 radical (unpaired) electrons. The van der Waals surface area contributed by atoms with Crippen LogP contribution in [0.3, 0.4) is 0 Å². The zero-order valence-corrected chi connectivity index (χ0v) is 10.7. The summed E-state index contributed by atoms with van der Waals surface area (Å²) in [6.07, 6.45) is 0. The second-order valence-corrected chi connectivity index (χ2v) is 3.84. The van der Waals surface area contributed by atoms with Crippen molar-refractivity contribution in [3.8, 4) is 0 Å². The number of benzene rings is 1. The number of anilines is 2. The van der Waals surface area contributed by atoms with E-state index in [0.29, 0.717) is 11.5 Å². The summed E-state index contributed by atoms with van der Waals surface area (Å²) in [5.41, 5.74) is 0.244. The van der Waals surface area contributed by atoms with Crippen LogP contribution in [0, 0.1) is 17.0 Å². The molecule has 1 amide bonds. The monoisotopic (exact) mass is 277 g/mol. The van der Waals surface area contributed by atoms with Gasteiger partial charge in [-0.1, -0.05) is 5.16 Å². The minimum Gasteiger partial charge on any atom is -0.383 e. The van der Waals surface area contributed by atoms with Gasteiger partial charge < -0.3 is 9.84 Å². The molecule has 0 aliphatic carbocycles. The fourth-order valence-electron chi connectivity index (χ4n) is 1.55. The highest BCUT2D eigenvalue weighted by atomic mass is 16.6. The summed E-state index contributed by atoms with van der Waals surface area (Å²) < 4.78 is 4.74. The van der Waals surface area contributed by atoms with Crippen LogP contribution in [0.1, 0.15) is 16.2 Å². The topological polar surface area (TPSA) is 123 Å². The van der Waals surface area contributed by atoms with Gasteiger partial charge in [-0.25, -0.2) is 0 Å². The summed E-state index contributed by atoms with van der Waals surface area (Å²) in [4.78, 5) is 26.1. The Morgan fingerprint density at radius 2 is 2.20 bits per heavy atom. The number of carbonyl (C=O) groups excluding carboxylic acids is 1. The number of aromatic nitrogens is 2. The summed E-state index contributed by atoms with van der Waals surface area (Å²) in [5.74, 6) is -0.198. The predicted molar refractivity (Wildman–Crippen MR) is 69.6 cm³/mol. The van der Waals surface area contributed by atoms with Gasteiger partial charge in [0.15, 0.2) is 5.82 Å². The second kappa shape index (κ2) is 5.34. The van der Waals surface area contributed by atoms with E-state index < -0.39 is 10.8 Å². The number of aryl methyl sites for hydroxylation is 1. The standard InChI is InChI=1S/C11H11N5O4/c1-6-13-11(20-15-6)14-10(17)7-3-4-8(12-2)9(5-7)16(18)19/h3-5,12H,1-2H3,(H,13,14,15,17). The SMILES string of the molecule is CNc1ccc(C(=O)Nc2nc(C)no2)cc1[N+](=O)[O-]. The Hall–Kier alpha value is -2.97. The molecule has 0 atom stereocenters. The molecular formula is C11H11N5O4. The van der Waals surface area contributed by atoms with Gasteiger partial charge in [0.2, 0.25) is 0 Å². The molecule has 1 heterocycles. The highest BCUT2D eigenvalue weighted by molar-refractivity contribution is 6.04. The molecule has 0 aliphatic rings. The number of nitrogens with zero attached hydrogens (tertiary/aromatic N) is 3. The van der Waals surface area contributed by atoms with Crippen molar-refractivity contribution in [1.82, 2.24) is 10.1 Å². The number of hydrogen-bond donors (Lipinski definition) is 2. The largest absolute Gasteiger partial charge is 0.383 e. The van der Waals surface area contributed by atoms with E-state index in [2.05, 4.69) is 20.8 Å². The summed E-state index contributed by atoms with van der Waals surface area (Å²) in [7, 11) is 1.56. The number of carbonyl (C=O) groups is 1. The lowest BCUT2D eigenvalue weighted by Crippen LogP contribution is -2.12. The Labute approximate surface area is 113 Å². The number of nitrogens with one attached hydrogen (secondary N) is 2. The van der Waals surface area contributed by atoms with E-state index in [1.807, 2.05) is 0 Å². The fraction of sp³-hybridized carbons (Fsp3) is 0.182. The molecule has 0 bridgehead atoms. The molecule has 2 aromatic rings. The average molecular weight is 277 g/mol. The van der Waals surface area contributed by atoms with Crippen LogP contribution in [0.25, 0.3) is 0 Å². The summed E-state index contributed by atoms with van der Waals surface area (Å²) >= 11 is 0. The first-order valence-electron chi connectivity index (χ1n) is 5.59. The van der Waals surface area contributed by atoms with E-state index in [-0.39, 0.29) is 17.3 Å². The van der Waals surface area contributed by atoms with Crippen molar-refractivity contribution in [3.63, 3.8) is 0 Å². The van der Waals surface area contributed by atoms with Gasteiger partial charge in [0.25, 0.3) is 11.6 Å². The van der Waals surface area contributed by atoms with E-state index in [4.69, 9.17) is 4.52 Å². The lowest BCUT2D eigenvalue weighted by molar-refractivity contribution is -0.384. The van der Waals surface area contributed by atoms with Crippen molar-refractivity contribution < 1.29 is 14.2 Å². The lowest BCUT2D eigenvalue weighted by Gasteiger charge is -2.04. The smallest absolute Gasteiger partial charge is 0.328 e. The van der Waals surface area contributed by atoms with Gasteiger partial charge >= 0.3 is 6.01 Å². The molecule has 0 fully saturated rings. The Kier molecular flexibility index (Phi) is 3.60. The number of amides is 1. The molecule has 20 heavy (non-hydrogen) atoms. The number of hydrogen-bond acceptors (Lipinski definition) is 7. The van der Waals surface area contributed by atoms with Crippen molar-refractivity contribution in [2.24, 2.45) is 0 Å². The summed E-state index contributed by atoms with van der Waals surface area (Å²) in [5, 5.41) is 19.5. The van der Waals surface area contributed by atoms with Crippen LogP contribution in [-0.2, 0) is 0 Å². The second-order valence-electron chi connectivity index (χ2n) is 3.84.